The highest BCUT2D eigenvalue weighted by Gasteiger charge is 2.23. The monoisotopic (exact) mass is 235 g/mol. The van der Waals surface area contributed by atoms with Gasteiger partial charge in [-0.2, -0.15) is 0 Å². The fourth-order valence-electron chi connectivity index (χ4n) is 1.72. The summed E-state index contributed by atoms with van der Waals surface area (Å²) < 4.78 is 27.8. The smallest absolute Gasteiger partial charge is 0.150 e. The molecule has 1 saturated heterocycles. The Balaban J connectivity index is 2.12. The van der Waals surface area contributed by atoms with E-state index in [4.69, 9.17) is 4.74 Å². The van der Waals surface area contributed by atoms with E-state index in [9.17, 15) is 8.42 Å². The van der Waals surface area contributed by atoms with Crippen molar-refractivity contribution in [3.8, 4) is 0 Å². The zero-order valence-corrected chi connectivity index (χ0v) is 10.3. The highest BCUT2D eigenvalue weighted by atomic mass is 32.2. The third kappa shape index (κ3) is 4.49. The van der Waals surface area contributed by atoms with E-state index in [1.54, 1.807) is 6.92 Å². The van der Waals surface area contributed by atoms with Crippen molar-refractivity contribution in [3.05, 3.63) is 0 Å². The summed E-state index contributed by atoms with van der Waals surface area (Å²) in [5.74, 6) is 0.536. The van der Waals surface area contributed by atoms with Gasteiger partial charge in [-0.05, 0) is 26.3 Å². The molecule has 1 aliphatic heterocycles. The van der Waals surface area contributed by atoms with Crippen LogP contribution in [-0.4, -0.2) is 45.2 Å². The fraction of sp³-hybridized carbons (Fsp3) is 1.00. The van der Waals surface area contributed by atoms with Crippen molar-refractivity contribution in [1.82, 2.24) is 5.32 Å². The summed E-state index contributed by atoms with van der Waals surface area (Å²) in [6.45, 7) is 5.31. The van der Waals surface area contributed by atoms with Crippen LogP contribution in [0.15, 0.2) is 0 Å². The van der Waals surface area contributed by atoms with Crippen molar-refractivity contribution in [2.24, 2.45) is 0 Å². The van der Waals surface area contributed by atoms with Gasteiger partial charge >= 0.3 is 0 Å². The lowest BCUT2D eigenvalue weighted by atomic mass is 10.1. The average molecular weight is 235 g/mol. The van der Waals surface area contributed by atoms with E-state index in [1.165, 1.54) is 0 Å². The molecular formula is C10H21NO3S. The van der Waals surface area contributed by atoms with Gasteiger partial charge in [0.15, 0.2) is 0 Å². The van der Waals surface area contributed by atoms with Crippen LogP contribution in [0.25, 0.3) is 0 Å². The lowest BCUT2D eigenvalue weighted by Crippen LogP contribution is -2.35. The average Bonchev–Trinajstić information content (AvgIpc) is 2.59. The second-order valence-corrected chi connectivity index (χ2v) is 6.49. The zero-order chi connectivity index (χ0) is 11.3. The molecule has 1 heterocycles. The van der Waals surface area contributed by atoms with Crippen LogP contribution in [0.5, 0.6) is 0 Å². The highest BCUT2D eigenvalue weighted by molar-refractivity contribution is 7.91. The summed E-state index contributed by atoms with van der Waals surface area (Å²) in [6.07, 6.45) is 1.98. The Morgan fingerprint density at radius 3 is 2.73 bits per heavy atom. The van der Waals surface area contributed by atoms with E-state index >= 15 is 0 Å². The Bertz CT molecular complexity index is 276. The number of rotatable bonds is 6. The van der Waals surface area contributed by atoms with E-state index < -0.39 is 9.84 Å². The minimum atomic E-state index is -2.80. The van der Waals surface area contributed by atoms with Crippen LogP contribution in [0.2, 0.25) is 0 Å². The van der Waals surface area contributed by atoms with Crippen LogP contribution >= 0.6 is 0 Å². The molecule has 0 saturated carbocycles. The molecule has 1 N–H and O–H groups in total. The van der Waals surface area contributed by atoms with Crippen molar-refractivity contribution < 1.29 is 13.2 Å². The normalized spacial score (nSPS) is 27.1. The maximum atomic E-state index is 11.2. The van der Waals surface area contributed by atoms with Gasteiger partial charge in [-0.25, -0.2) is 8.42 Å². The first-order valence-corrected chi connectivity index (χ1v) is 7.42. The molecule has 0 spiro atoms. The summed E-state index contributed by atoms with van der Waals surface area (Å²) in [5.41, 5.74) is 0. The first-order valence-electron chi connectivity index (χ1n) is 5.60. The third-order valence-corrected chi connectivity index (χ3v) is 4.65. The van der Waals surface area contributed by atoms with E-state index in [0.717, 1.165) is 19.6 Å². The van der Waals surface area contributed by atoms with E-state index in [2.05, 4.69) is 5.32 Å². The molecule has 0 aromatic heterocycles. The largest absolute Gasteiger partial charge is 0.377 e. The Morgan fingerprint density at radius 2 is 2.20 bits per heavy atom. The molecule has 90 valence electrons. The summed E-state index contributed by atoms with van der Waals surface area (Å²) >= 11 is 0. The second kappa shape index (κ2) is 5.82. The molecule has 0 radical (unpaired) electrons. The quantitative estimate of drug-likeness (QED) is 0.684. The van der Waals surface area contributed by atoms with Crippen molar-refractivity contribution in [2.75, 3.05) is 24.7 Å². The summed E-state index contributed by atoms with van der Waals surface area (Å²) in [4.78, 5) is 0. The van der Waals surface area contributed by atoms with Crippen molar-refractivity contribution in [2.45, 2.75) is 38.8 Å². The van der Waals surface area contributed by atoms with Gasteiger partial charge in [0.05, 0.1) is 11.9 Å². The molecule has 0 amide bonds. The molecule has 0 aliphatic carbocycles. The molecule has 15 heavy (non-hydrogen) atoms. The van der Waals surface area contributed by atoms with Crippen LogP contribution in [0.1, 0.15) is 26.7 Å². The van der Waals surface area contributed by atoms with Gasteiger partial charge in [0, 0.05) is 18.4 Å². The van der Waals surface area contributed by atoms with E-state index in [1.807, 2.05) is 6.92 Å². The predicted octanol–water partition coefficient (Wildman–Crippen LogP) is 0.578. The standard InChI is InChI=1S/C10H21NO3S/c1-3-15(12,13)8-4-6-11-10-5-7-14-9(10)2/h9-11H,3-8H2,1-2H3. The minimum Gasteiger partial charge on any atom is -0.377 e. The zero-order valence-electron chi connectivity index (χ0n) is 9.53. The predicted molar refractivity (Wildman–Crippen MR) is 60.8 cm³/mol. The van der Waals surface area contributed by atoms with Crippen molar-refractivity contribution >= 4 is 9.84 Å². The van der Waals surface area contributed by atoms with Gasteiger partial charge in [0.1, 0.15) is 9.84 Å². The van der Waals surface area contributed by atoms with Crippen molar-refractivity contribution in [1.29, 1.82) is 0 Å². The number of hydrogen-bond acceptors (Lipinski definition) is 4. The first kappa shape index (κ1) is 12.9. The molecule has 1 fully saturated rings. The number of sulfone groups is 1. The maximum absolute atomic E-state index is 11.2. The highest BCUT2D eigenvalue weighted by Crippen LogP contribution is 2.12. The Labute approximate surface area is 92.3 Å². The molecule has 1 rings (SSSR count). The second-order valence-electron chi connectivity index (χ2n) is 4.02. The third-order valence-electron chi connectivity index (χ3n) is 2.85. The Morgan fingerprint density at radius 1 is 1.47 bits per heavy atom. The molecule has 4 nitrogen and oxygen atoms in total. The van der Waals surface area contributed by atoms with E-state index in [0.29, 0.717) is 18.2 Å². The van der Waals surface area contributed by atoms with Gasteiger partial charge in [0.25, 0.3) is 0 Å². The van der Waals surface area contributed by atoms with Gasteiger partial charge in [-0.15, -0.1) is 0 Å². The molecule has 5 heteroatoms. The minimum absolute atomic E-state index is 0.246. The lowest BCUT2D eigenvalue weighted by molar-refractivity contribution is 0.113. The van der Waals surface area contributed by atoms with Gasteiger partial charge < -0.3 is 10.1 Å². The topological polar surface area (TPSA) is 55.4 Å². The summed E-state index contributed by atoms with van der Waals surface area (Å²) in [6, 6.07) is 0.398. The maximum Gasteiger partial charge on any atom is 0.150 e. The van der Waals surface area contributed by atoms with Crippen LogP contribution < -0.4 is 5.32 Å². The van der Waals surface area contributed by atoms with Crippen LogP contribution in [0.3, 0.4) is 0 Å². The molecular weight excluding hydrogens is 214 g/mol. The number of hydrogen-bond donors (Lipinski definition) is 1. The Hall–Kier alpha value is -0.130. The molecule has 1 aliphatic rings. The van der Waals surface area contributed by atoms with Gasteiger partial charge in [-0.3, -0.25) is 0 Å². The first-order chi connectivity index (χ1) is 7.05. The molecule has 2 unspecified atom stereocenters. The van der Waals surface area contributed by atoms with Gasteiger partial charge in [0.2, 0.25) is 0 Å². The molecule has 2 atom stereocenters. The molecule has 0 aromatic rings. The van der Waals surface area contributed by atoms with Gasteiger partial charge in [-0.1, -0.05) is 6.92 Å². The Kier molecular flexibility index (Phi) is 5.02. The number of ether oxygens (including phenoxy) is 1. The summed E-state index contributed by atoms with van der Waals surface area (Å²) in [7, 11) is -2.80. The lowest BCUT2D eigenvalue weighted by Gasteiger charge is -2.15. The van der Waals surface area contributed by atoms with Crippen LogP contribution in [0, 0.1) is 0 Å². The van der Waals surface area contributed by atoms with Crippen LogP contribution in [-0.2, 0) is 14.6 Å². The van der Waals surface area contributed by atoms with Crippen LogP contribution in [0.4, 0.5) is 0 Å². The number of nitrogens with one attached hydrogen (secondary N) is 1. The fourth-order valence-corrected chi connectivity index (χ4v) is 2.60. The molecule has 0 bridgehead atoms. The summed E-state index contributed by atoms with van der Waals surface area (Å²) in [5, 5.41) is 3.34. The molecule has 0 aromatic carbocycles. The van der Waals surface area contributed by atoms with Crippen molar-refractivity contribution in [3.63, 3.8) is 0 Å². The van der Waals surface area contributed by atoms with E-state index in [-0.39, 0.29) is 11.9 Å². The SMILES string of the molecule is CCS(=O)(=O)CCCNC1CCOC1C.